The molecule has 1 aromatic carbocycles. The van der Waals surface area contributed by atoms with Gasteiger partial charge in [0.25, 0.3) is 0 Å². The summed E-state index contributed by atoms with van der Waals surface area (Å²) in [6.45, 7) is 13.6. The third-order valence-corrected chi connectivity index (χ3v) is 14.1. The molecule has 1 aromatic heterocycles. The molecular weight excluding hydrogens is 450 g/mol. The number of aromatic nitrogens is 1. The normalized spacial score (nSPS) is 29.8. The van der Waals surface area contributed by atoms with E-state index in [1.54, 1.807) is 18.5 Å². The zero-order valence-electron chi connectivity index (χ0n) is 22.0. The molecule has 0 saturated heterocycles. The number of carbonyl (C=O) groups excluding carboxylic acids is 1. The smallest absolute Gasteiger partial charge is 0.250 e. The van der Waals surface area contributed by atoms with Crippen LogP contribution >= 0.6 is 0 Å². The van der Waals surface area contributed by atoms with E-state index in [9.17, 15) is 9.90 Å². The number of carbonyl (C=O) groups is 1. The summed E-state index contributed by atoms with van der Waals surface area (Å²) in [6, 6.07) is 10.4. The van der Waals surface area contributed by atoms with Gasteiger partial charge in [-0.3, -0.25) is 9.78 Å². The number of aryl methyl sites for hydroxylation is 1. The van der Waals surface area contributed by atoms with E-state index in [0.717, 1.165) is 31.4 Å². The third-order valence-electron chi connectivity index (χ3n) is 9.70. The molecule has 2 aromatic rings. The average Bonchev–Trinajstić information content (AvgIpc) is 3.08. The Hall–Kier alpha value is -2.40. The number of hydrogen-bond donors (Lipinski definition) is 1. The molecule has 4 atom stereocenters. The number of Topliss-reactive ketones (excluding diaryl/α,β-unsaturated/α-hetero) is 1. The lowest BCUT2D eigenvalue weighted by molar-refractivity contribution is -0.127. The van der Waals surface area contributed by atoms with Gasteiger partial charge in [-0.25, -0.2) is 0 Å². The van der Waals surface area contributed by atoms with Crippen molar-refractivity contribution in [3.63, 3.8) is 0 Å². The Morgan fingerprint density at radius 3 is 2.66 bits per heavy atom. The van der Waals surface area contributed by atoms with Crippen LogP contribution in [-0.2, 0) is 11.2 Å². The van der Waals surface area contributed by atoms with Crippen molar-refractivity contribution in [1.29, 1.82) is 0 Å². The second-order valence-corrected chi connectivity index (χ2v) is 17.4. The van der Waals surface area contributed by atoms with Crippen LogP contribution in [0.2, 0.25) is 18.1 Å². The van der Waals surface area contributed by atoms with Crippen LogP contribution in [0.25, 0.3) is 5.76 Å². The number of rotatable bonds is 3. The molecule has 0 amide bonds. The quantitative estimate of drug-likeness (QED) is 0.276. The first-order valence-corrected chi connectivity index (χ1v) is 16.0. The Morgan fingerprint density at radius 2 is 1.97 bits per heavy atom. The van der Waals surface area contributed by atoms with Gasteiger partial charge in [0, 0.05) is 28.9 Å². The van der Waals surface area contributed by atoms with Gasteiger partial charge in [-0.05, 0) is 103 Å². The molecule has 2 fully saturated rings. The van der Waals surface area contributed by atoms with E-state index in [1.807, 2.05) is 6.07 Å². The first-order valence-electron chi connectivity index (χ1n) is 13.1. The van der Waals surface area contributed by atoms with E-state index < -0.39 is 8.32 Å². The maximum atomic E-state index is 13.6. The fourth-order valence-corrected chi connectivity index (χ4v) is 7.61. The van der Waals surface area contributed by atoms with Crippen LogP contribution < -0.4 is 4.43 Å². The van der Waals surface area contributed by atoms with Crippen molar-refractivity contribution in [3.05, 3.63) is 65.0 Å². The lowest BCUT2D eigenvalue weighted by atomic mass is 9.55. The van der Waals surface area contributed by atoms with Gasteiger partial charge in [-0.2, -0.15) is 0 Å². The van der Waals surface area contributed by atoms with Gasteiger partial charge in [0.2, 0.25) is 8.32 Å². The van der Waals surface area contributed by atoms with E-state index in [2.05, 4.69) is 64.0 Å². The Bertz CT molecular complexity index is 1180. The number of allylic oxidation sites excluding steroid dienone is 1. The van der Waals surface area contributed by atoms with Crippen LogP contribution in [0, 0.1) is 17.3 Å². The zero-order valence-corrected chi connectivity index (χ0v) is 23.0. The molecule has 0 radical (unpaired) electrons. The van der Waals surface area contributed by atoms with Crippen molar-refractivity contribution < 1.29 is 14.3 Å². The highest BCUT2D eigenvalue weighted by atomic mass is 28.4. The zero-order chi connectivity index (χ0) is 25.2. The maximum absolute atomic E-state index is 13.6. The van der Waals surface area contributed by atoms with Crippen molar-refractivity contribution >= 4 is 19.9 Å². The highest BCUT2D eigenvalue weighted by Gasteiger charge is 2.57. The Morgan fingerprint density at radius 1 is 1.20 bits per heavy atom. The van der Waals surface area contributed by atoms with Gasteiger partial charge in [-0.1, -0.05) is 33.8 Å². The molecule has 0 aliphatic heterocycles. The summed E-state index contributed by atoms with van der Waals surface area (Å²) >= 11 is 0. The number of aliphatic hydroxyl groups is 1. The second kappa shape index (κ2) is 8.33. The molecule has 186 valence electrons. The van der Waals surface area contributed by atoms with Crippen LogP contribution in [0.4, 0.5) is 0 Å². The predicted octanol–water partition coefficient (Wildman–Crippen LogP) is 7.47. The van der Waals surface area contributed by atoms with Crippen LogP contribution in [0.15, 0.2) is 48.3 Å². The topological polar surface area (TPSA) is 59.4 Å². The molecule has 35 heavy (non-hydrogen) atoms. The van der Waals surface area contributed by atoms with E-state index in [4.69, 9.17) is 4.43 Å². The lowest BCUT2D eigenvalue weighted by Gasteiger charge is -2.48. The fourth-order valence-electron chi connectivity index (χ4n) is 6.59. The number of benzene rings is 1. The molecule has 3 aliphatic rings. The van der Waals surface area contributed by atoms with E-state index in [-0.39, 0.29) is 27.9 Å². The molecule has 5 rings (SSSR count). The monoisotopic (exact) mass is 489 g/mol. The van der Waals surface area contributed by atoms with Crippen LogP contribution in [0.5, 0.6) is 5.75 Å². The molecule has 4 nitrogen and oxygen atoms in total. The van der Waals surface area contributed by atoms with Gasteiger partial charge >= 0.3 is 0 Å². The van der Waals surface area contributed by atoms with Crippen molar-refractivity contribution in [3.8, 4) is 5.75 Å². The van der Waals surface area contributed by atoms with Crippen LogP contribution in [0.1, 0.15) is 76.0 Å². The van der Waals surface area contributed by atoms with E-state index >= 15 is 0 Å². The predicted molar refractivity (Wildman–Crippen MR) is 143 cm³/mol. The summed E-state index contributed by atoms with van der Waals surface area (Å²) in [6.07, 6.45) is 8.02. The maximum Gasteiger partial charge on any atom is 0.250 e. The number of nitrogens with zero attached hydrogens (tertiary/aromatic N) is 1. The molecule has 3 aliphatic carbocycles. The molecule has 1 N–H and O–H groups in total. The average molecular weight is 490 g/mol. The number of ketones is 1. The summed E-state index contributed by atoms with van der Waals surface area (Å²) in [7, 11) is -1.88. The standard InChI is InChI=1S/C30H39NO3Si/c1-29(2,3)35(5,6)34-21-10-12-22-19(16-21)9-11-24-23(22)13-14-30(4)26(24)17-25(28(30)33)27(32)20-8-7-15-31-18-20/h7-8,10,12,15-16,18,23-24,26,32H,9,11,13-14,17H2,1-6H3/b27-25-/t23?,24?,26?,30-/m0/s1. The lowest BCUT2D eigenvalue weighted by Crippen LogP contribution is -2.44. The summed E-state index contributed by atoms with van der Waals surface area (Å²) in [5, 5.41) is 11.2. The second-order valence-electron chi connectivity index (χ2n) is 12.7. The van der Waals surface area contributed by atoms with Crippen LogP contribution in [-0.4, -0.2) is 24.2 Å². The van der Waals surface area contributed by atoms with Crippen molar-refractivity contribution in [2.24, 2.45) is 17.3 Å². The number of fused-ring (bicyclic) bond motifs is 5. The first kappa shape index (κ1) is 24.3. The minimum absolute atomic E-state index is 0.124. The molecular formula is C30H39NO3Si. The van der Waals surface area contributed by atoms with Gasteiger partial charge < -0.3 is 9.53 Å². The molecule has 2 saturated carbocycles. The highest BCUT2D eigenvalue weighted by Crippen LogP contribution is 2.61. The van der Waals surface area contributed by atoms with Gasteiger partial charge in [0.05, 0.1) is 0 Å². The van der Waals surface area contributed by atoms with Crippen molar-refractivity contribution in [2.45, 2.75) is 83.8 Å². The Balaban J connectivity index is 1.43. The van der Waals surface area contributed by atoms with Gasteiger partial charge in [-0.15, -0.1) is 0 Å². The number of hydrogen-bond acceptors (Lipinski definition) is 4. The van der Waals surface area contributed by atoms with Gasteiger partial charge in [0.15, 0.2) is 5.78 Å². The summed E-state index contributed by atoms with van der Waals surface area (Å²) in [5.74, 6) is 2.50. The Labute approximate surface area is 211 Å². The molecule has 1 heterocycles. The number of pyridine rings is 1. The fraction of sp³-hybridized carbons (Fsp3) is 0.533. The first-order chi connectivity index (χ1) is 16.4. The molecule has 0 bridgehead atoms. The largest absolute Gasteiger partial charge is 0.543 e. The van der Waals surface area contributed by atoms with Crippen molar-refractivity contribution in [1.82, 2.24) is 4.98 Å². The van der Waals surface area contributed by atoms with Crippen molar-refractivity contribution in [2.75, 3.05) is 0 Å². The Kier molecular flexibility index (Phi) is 5.78. The molecule has 5 heteroatoms. The minimum Gasteiger partial charge on any atom is -0.543 e. The highest BCUT2D eigenvalue weighted by molar-refractivity contribution is 6.74. The molecule has 0 spiro atoms. The summed E-state index contributed by atoms with van der Waals surface area (Å²) < 4.78 is 6.61. The summed E-state index contributed by atoms with van der Waals surface area (Å²) in [5.41, 5.74) is 3.74. The van der Waals surface area contributed by atoms with Gasteiger partial charge in [0.1, 0.15) is 11.5 Å². The third kappa shape index (κ3) is 3.96. The SMILES string of the molecule is CC(C)(C)[Si](C)(C)Oc1ccc2c(c1)CCC1C2CC[C@]2(C)C(=O)/C(=C(\O)c3cccnc3)CC12. The van der Waals surface area contributed by atoms with E-state index in [1.165, 1.54) is 11.1 Å². The minimum atomic E-state index is -1.88. The van der Waals surface area contributed by atoms with E-state index in [0.29, 0.717) is 29.4 Å². The molecule has 3 unspecified atom stereocenters. The number of aliphatic hydroxyl groups excluding tert-OH is 1. The van der Waals surface area contributed by atoms with Crippen LogP contribution in [0.3, 0.4) is 0 Å². The summed E-state index contributed by atoms with van der Waals surface area (Å²) in [4.78, 5) is 17.7.